The van der Waals surface area contributed by atoms with Gasteiger partial charge in [-0.1, -0.05) is 57.5 Å². The number of allylic oxidation sites excluding steroid dienone is 4. The molecular formula is C43H46F2N2O7. The minimum absolute atomic E-state index is 0.0664. The Morgan fingerprint density at radius 2 is 1.80 bits per heavy atom. The van der Waals surface area contributed by atoms with Crippen molar-refractivity contribution >= 4 is 39.9 Å². The lowest BCUT2D eigenvalue weighted by atomic mass is 9.44. The Hall–Kier alpha value is -4.61. The second kappa shape index (κ2) is 13.3. The molecule has 1 amide bonds. The zero-order valence-electron chi connectivity index (χ0n) is 31.1. The van der Waals surface area contributed by atoms with Crippen LogP contribution in [0.2, 0.25) is 0 Å². The third-order valence-electron chi connectivity index (χ3n) is 13.8. The number of Topliss-reactive ketones (excluding diaryl/α,β-unsaturated/α-hetero) is 1. The lowest BCUT2D eigenvalue weighted by Gasteiger charge is -2.62. The van der Waals surface area contributed by atoms with Gasteiger partial charge >= 0.3 is 5.97 Å². The third kappa shape index (κ3) is 5.48. The van der Waals surface area contributed by atoms with Crippen LogP contribution in [0.25, 0.3) is 10.8 Å². The van der Waals surface area contributed by atoms with Crippen LogP contribution in [0.1, 0.15) is 82.1 Å². The maximum absolute atomic E-state index is 17.5. The summed E-state index contributed by atoms with van der Waals surface area (Å²) in [5.74, 6) is -5.21. The summed E-state index contributed by atoms with van der Waals surface area (Å²) in [6.45, 7) is 8.05. The number of carbonyl (C=O) groups excluding carboxylic acids is 4. The average Bonchev–Trinajstić information content (AvgIpc) is 3.36. The van der Waals surface area contributed by atoms with E-state index in [0.29, 0.717) is 35.6 Å². The standard InChI is InChI=1S/C43H46F2N2O7/c1-23-18-33-32-12-11-29-19-30(48)14-16-40(29,4)42(32,45)35(49)20-41(33,5)43(23,53)36(50)22-54-39(52)27-8-6-26(7-9-27)24(2)25(3)38(51)47-34-13-10-28-21-46-17-15-31(28)37(34)44/h6-10,13-17,19,21,23-25,32-33,35,49,53H,11-12,18,20,22H2,1-5H3,(H,47,51)/t23-,24-,25-,32+,33+,35+,40+,41+,42+,43+/m1/s1. The molecule has 0 radical (unpaired) electrons. The molecular weight excluding hydrogens is 694 g/mol. The molecule has 3 N–H and O–H groups in total. The lowest BCUT2D eigenvalue weighted by Crippen LogP contribution is -2.69. The summed E-state index contributed by atoms with van der Waals surface area (Å²) < 4.78 is 38.0. The number of benzene rings is 2. The van der Waals surface area contributed by atoms with Gasteiger partial charge in [0.15, 0.2) is 23.9 Å². The Labute approximate surface area is 312 Å². The molecule has 0 unspecified atom stereocenters. The van der Waals surface area contributed by atoms with Gasteiger partial charge in [0, 0.05) is 45.8 Å². The van der Waals surface area contributed by atoms with Crippen molar-refractivity contribution in [2.75, 3.05) is 11.9 Å². The number of aliphatic hydroxyl groups is 2. The predicted molar refractivity (Wildman–Crippen MR) is 197 cm³/mol. The molecule has 4 aliphatic carbocycles. The molecule has 1 aromatic heterocycles. The summed E-state index contributed by atoms with van der Waals surface area (Å²) in [5.41, 5.74) is -4.85. The number of aromatic nitrogens is 1. The number of hydrogen-bond acceptors (Lipinski definition) is 8. The molecule has 7 rings (SSSR count). The number of hydrogen-bond donors (Lipinski definition) is 3. The number of carbonyl (C=O) groups is 4. The summed E-state index contributed by atoms with van der Waals surface area (Å²) in [4.78, 5) is 56.3. The van der Waals surface area contributed by atoms with Gasteiger partial charge in [-0.25, -0.2) is 13.6 Å². The molecule has 3 saturated carbocycles. The van der Waals surface area contributed by atoms with Crippen LogP contribution in [0.3, 0.4) is 0 Å². The van der Waals surface area contributed by atoms with E-state index in [1.807, 2.05) is 6.92 Å². The summed E-state index contributed by atoms with van der Waals surface area (Å²) in [7, 11) is 0. The minimum atomic E-state index is -2.10. The van der Waals surface area contributed by atoms with Crippen molar-refractivity contribution in [3.8, 4) is 0 Å². The summed E-state index contributed by atoms with van der Waals surface area (Å²) in [5, 5.41) is 27.5. The van der Waals surface area contributed by atoms with Crippen LogP contribution in [0.4, 0.5) is 14.5 Å². The number of nitrogens with one attached hydrogen (secondary N) is 1. The quantitative estimate of drug-likeness (QED) is 0.214. The fraction of sp³-hybridized carbons (Fsp3) is 0.465. The first-order valence-corrected chi connectivity index (χ1v) is 18.6. The fourth-order valence-corrected chi connectivity index (χ4v) is 10.4. The summed E-state index contributed by atoms with van der Waals surface area (Å²) in [6, 6.07) is 11.2. The molecule has 0 saturated heterocycles. The maximum atomic E-state index is 17.5. The topological polar surface area (TPSA) is 143 Å². The number of ether oxygens (including phenoxy) is 1. The second-order valence-electron chi connectivity index (χ2n) is 16.4. The highest BCUT2D eigenvalue weighted by Crippen LogP contribution is 2.70. The van der Waals surface area contributed by atoms with Crippen LogP contribution in [0, 0.1) is 40.3 Å². The molecule has 0 spiro atoms. The first-order chi connectivity index (χ1) is 25.5. The Balaban J connectivity index is 1.00. The number of esters is 1. The number of anilines is 1. The van der Waals surface area contributed by atoms with Gasteiger partial charge in [0.05, 0.1) is 17.4 Å². The first kappa shape index (κ1) is 37.7. The van der Waals surface area contributed by atoms with Crippen molar-refractivity contribution < 1.29 is 42.9 Å². The molecule has 9 nitrogen and oxygen atoms in total. The van der Waals surface area contributed by atoms with Crippen LogP contribution >= 0.6 is 0 Å². The highest BCUT2D eigenvalue weighted by atomic mass is 19.1. The molecule has 2 aromatic carbocycles. The SMILES string of the molecule is C[C@@H]1C[C@H]2[C@@H]3CCC4=CC(=O)C=C[C@]4(C)[C@@]3(F)[C@@H](O)C[C@]2(C)[C@@]1(O)C(=O)COC(=O)c1ccc([C@H](C)[C@@H](C)C(=O)Nc2ccc3cnccc3c2F)cc1. The number of amides is 1. The molecule has 3 aromatic rings. The number of ketones is 2. The van der Waals surface area contributed by atoms with E-state index in [1.54, 1.807) is 64.2 Å². The van der Waals surface area contributed by atoms with E-state index in [4.69, 9.17) is 4.74 Å². The molecule has 11 heteroatoms. The van der Waals surface area contributed by atoms with E-state index < -0.39 is 76.1 Å². The number of rotatable bonds is 8. The van der Waals surface area contributed by atoms with Gasteiger partial charge < -0.3 is 20.3 Å². The number of pyridine rings is 1. The minimum Gasteiger partial charge on any atom is -0.454 e. The van der Waals surface area contributed by atoms with Crippen LogP contribution in [0.5, 0.6) is 0 Å². The molecule has 284 valence electrons. The lowest BCUT2D eigenvalue weighted by molar-refractivity contribution is -0.219. The largest absolute Gasteiger partial charge is 0.454 e. The number of aliphatic hydroxyl groups excluding tert-OH is 1. The molecule has 1 heterocycles. The smallest absolute Gasteiger partial charge is 0.338 e. The zero-order valence-corrected chi connectivity index (χ0v) is 31.1. The van der Waals surface area contributed by atoms with E-state index in [9.17, 15) is 29.4 Å². The molecule has 10 atom stereocenters. The fourth-order valence-electron chi connectivity index (χ4n) is 10.4. The van der Waals surface area contributed by atoms with Crippen molar-refractivity contribution in [3.05, 3.63) is 95.6 Å². The number of nitrogens with zero attached hydrogens (tertiary/aromatic N) is 1. The van der Waals surface area contributed by atoms with Gasteiger partial charge in [-0.05, 0) is 92.3 Å². The highest BCUT2D eigenvalue weighted by Gasteiger charge is 2.75. The number of alkyl halides is 1. The monoisotopic (exact) mass is 740 g/mol. The normalized spacial score (nSPS) is 33.9. The van der Waals surface area contributed by atoms with E-state index in [0.717, 1.165) is 5.56 Å². The Bertz CT molecular complexity index is 2120. The second-order valence-corrected chi connectivity index (χ2v) is 16.4. The van der Waals surface area contributed by atoms with Gasteiger partial charge in [0.25, 0.3) is 0 Å². The third-order valence-corrected chi connectivity index (χ3v) is 13.8. The Morgan fingerprint density at radius 3 is 2.52 bits per heavy atom. The number of halogens is 2. The van der Waals surface area contributed by atoms with E-state index in [2.05, 4.69) is 10.3 Å². The van der Waals surface area contributed by atoms with Crippen LogP contribution in [-0.2, 0) is 19.1 Å². The summed E-state index contributed by atoms with van der Waals surface area (Å²) in [6.07, 6.45) is 6.89. The zero-order chi connectivity index (χ0) is 39.0. The van der Waals surface area contributed by atoms with E-state index in [-0.39, 0.29) is 35.3 Å². The Morgan fingerprint density at radius 1 is 1.07 bits per heavy atom. The van der Waals surface area contributed by atoms with Crippen LogP contribution < -0.4 is 5.32 Å². The van der Waals surface area contributed by atoms with E-state index >= 15 is 8.78 Å². The average molecular weight is 741 g/mol. The molecule has 0 aliphatic heterocycles. The predicted octanol–water partition coefficient (Wildman–Crippen LogP) is 6.83. The van der Waals surface area contributed by atoms with Crippen molar-refractivity contribution in [2.24, 2.45) is 34.5 Å². The number of fused-ring (bicyclic) bond motifs is 6. The van der Waals surface area contributed by atoms with E-state index in [1.165, 1.54) is 36.5 Å². The van der Waals surface area contributed by atoms with Crippen molar-refractivity contribution in [1.29, 1.82) is 0 Å². The van der Waals surface area contributed by atoms with Gasteiger partial charge in [-0.15, -0.1) is 0 Å². The van der Waals surface area contributed by atoms with Gasteiger partial charge in [0.2, 0.25) is 11.7 Å². The van der Waals surface area contributed by atoms with Crippen molar-refractivity contribution in [2.45, 2.75) is 83.6 Å². The first-order valence-electron chi connectivity index (χ1n) is 18.6. The summed E-state index contributed by atoms with van der Waals surface area (Å²) >= 11 is 0. The van der Waals surface area contributed by atoms with Crippen LogP contribution in [-0.4, -0.2) is 62.6 Å². The molecule has 54 heavy (non-hydrogen) atoms. The van der Waals surface area contributed by atoms with Gasteiger partial charge in [-0.3, -0.25) is 19.4 Å². The van der Waals surface area contributed by atoms with Gasteiger partial charge in [0.1, 0.15) is 5.60 Å². The van der Waals surface area contributed by atoms with Crippen molar-refractivity contribution in [3.63, 3.8) is 0 Å². The molecule has 0 bridgehead atoms. The van der Waals surface area contributed by atoms with Gasteiger partial charge in [-0.2, -0.15) is 0 Å². The van der Waals surface area contributed by atoms with Crippen LogP contribution in [0.15, 0.2) is 78.7 Å². The molecule has 4 aliphatic rings. The maximum Gasteiger partial charge on any atom is 0.338 e. The van der Waals surface area contributed by atoms with Crippen molar-refractivity contribution in [1.82, 2.24) is 4.98 Å². The Kier molecular flexibility index (Phi) is 9.29. The highest BCUT2D eigenvalue weighted by molar-refractivity contribution is 6.01. The molecule has 3 fully saturated rings.